The quantitative estimate of drug-likeness (QED) is 0.222. The Kier molecular flexibility index (Phi) is 8.28. The summed E-state index contributed by atoms with van der Waals surface area (Å²) >= 11 is 14.2. The molecule has 0 saturated heterocycles. The van der Waals surface area contributed by atoms with Gasteiger partial charge in [0.25, 0.3) is 10.0 Å². The zero-order valence-corrected chi connectivity index (χ0v) is 23.3. The van der Waals surface area contributed by atoms with Crippen molar-refractivity contribution in [3.05, 3.63) is 98.7 Å². The lowest BCUT2D eigenvalue weighted by Gasteiger charge is -2.24. The Bertz CT molecular complexity index is 1490. The van der Waals surface area contributed by atoms with Gasteiger partial charge in [-0.3, -0.25) is 0 Å². The van der Waals surface area contributed by atoms with Crippen molar-refractivity contribution >= 4 is 55.4 Å². The van der Waals surface area contributed by atoms with Crippen LogP contribution in [-0.4, -0.2) is 20.5 Å². The van der Waals surface area contributed by atoms with E-state index < -0.39 is 16.1 Å². The molecule has 0 bridgehead atoms. The van der Waals surface area contributed by atoms with Gasteiger partial charge in [-0.2, -0.15) is 0 Å². The number of benzene rings is 3. The molecule has 0 spiro atoms. The standard InChI is InChI=1S/C26H24Cl2FN3O3S2/c1-16-12-19(35-3)9-8-18(16)15-32(26-30-10-11-36-26)37(33,34)20-13-22(27)25(23(28)14-20)31-17(2)21-6-4-5-7-24(21)29/h4-14,17,31H,15H2,1-3H3/t17-/m0/s1. The van der Waals surface area contributed by atoms with Crippen LogP contribution in [0.5, 0.6) is 5.75 Å². The number of nitrogens with zero attached hydrogens (tertiary/aromatic N) is 2. The summed E-state index contributed by atoms with van der Waals surface area (Å²) in [4.78, 5) is 4.15. The number of halogens is 3. The molecule has 0 unspecified atom stereocenters. The summed E-state index contributed by atoms with van der Waals surface area (Å²) < 4.78 is 48.4. The van der Waals surface area contributed by atoms with Crippen LogP contribution in [0.15, 0.2) is 71.1 Å². The second kappa shape index (κ2) is 11.3. The van der Waals surface area contributed by atoms with Crippen molar-refractivity contribution in [1.29, 1.82) is 0 Å². The Morgan fingerprint density at radius 3 is 2.43 bits per heavy atom. The van der Waals surface area contributed by atoms with Crippen LogP contribution in [0.3, 0.4) is 0 Å². The molecule has 1 heterocycles. The highest BCUT2D eigenvalue weighted by atomic mass is 35.5. The van der Waals surface area contributed by atoms with Gasteiger partial charge in [0.1, 0.15) is 11.6 Å². The minimum atomic E-state index is -4.11. The molecule has 6 nitrogen and oxygen atoms in total. The summed E-state index contributed by atoms with van der Waals surface area (Å²) in [5.41, 5.74) is 2.39. The molecule has 3 aromatic carbocycles. The topological polar surface area (TPSA) is 71.5 Å². The molecule has 0 aliphatic heterocycles. The Hall–Kier alpha value is -2.85. The smallest absolute Gasteiger partial charge is 0.266 e. The minimum Gasteiger partial charge on any atom is -0.497 e. The number of aryl methyl sites for hydroxylation is 1. The molecule has 0 amide bonds. The number of ether oxygens (including phenoxy) is 1. The van der Waals surface area contributed by atoms with Crippen molar-refractivity contribution in [1.82, 2.24) is 4.98 Å². The van der Waals surface area contributed by atoms with Crippen LogP contribution in [0.25, 0.3) is 0 Å². The summed E-state index contributed by atoms with van der Waals surface area (Å²) in [6.45, 7) is 3.69. The number of nitrogens with one attached hydrogen (secondary N) is 1. The number of thiazole rings is 1. The van der Waals surface area contributed by atoms with E-state index in [0.717, 1.165) is 11.1 Å². The summed E-state index contributed by atoms with van der Waals surface area (Å²) in [5, 5.41) is 5.29. The third kappa shape index (κ3) is 5.85. The maximum absolute atomic E-state index is 14.2. The Morgan fingerprint density at radius 1 is 1.14 bits per heavy atom. The molecule has 0 fully saturated rings. The van der Waals surface area contributed by atoms with E-state index in [-0.39, 0.29) is 27.3 Å². The number of sulfonamides is 1. The second-order valence-corrected chi connectivity index (χ2v) is 11.8. The Labute approximate surface area is 229 Å². The molecule has 1 atom stereocenters. The first-order valence-corrected chi connectivity index (χ1v) is 14.2. The molecular weight excluding hydrogens is 556 g/mol. The number of rotatable bonds is 9. The van der Waals surface area contributed by atoms with E-state index in [1.54, 1.807) is 49.9 Å². The first-order chi connectivity index (χ1) is 17.6. The van der Waals surface area contributed by atoms with E-state index >= 15 is 0 Å². The van der Waals surface area contributed by atoms with E-state index in [4.69, 9.17) is 27.9 Å². The van der Waals surface area contributed by atoms with Crippen LogP contribution in [0.4, 0.5) is 15.2 Å². The van der Waals surface area contributed by atoms with Gasteiger partial charge in [0.15, 0.2) is 5.13 Å². The van der Waals surface area contributed by atoms with Gasteiger partial charge in [0, 0.05) is 17.1 Å². The van der Waals surface area contributed by atoms with E-state index in [1.165, 1.54) is 33.8 Å². The fourth-order valence-corrected chi connectivity index (χ4v) is 6.85. The molecule has 37 heavy (non-hydrogen) atoms. The molecule has 4 aromatic rings. The number of methoxy groups -OCH3 is 1. The lowest BCUT2D eigenvalue weighted by Crippen LogP contribution is -2.31. The predicted octanol–water partition coefficient (Wildman–Crippen LogP) is 7.47. The van der Waals surface area contributed by atoms with Gasteiger partial charge in [0.05, 0.1) is 40.3 Å². The summed E-state index contributed by atoms with van der Waals surface area (Å²) in [5.74, 6) is 0.304. The maximum Gasteiger partial charge on any atom is 0.266 e. The second-order valence-electron chi connectivity index (χ2n) is 8.27. The first-order valence-electron chi connectivity index (χ1n) is 11.2. The molecule has 194 valence electrons. The van der Waals surface area contributed by atoms with Crippen LogP contribution in [-0.2, 0) is 16.6 Å². The number of aromatic nitrogens is 1. The van der Waals surface area contributed by atoms with Crippen molar-refractivity contribution in [2.75, 3.05) is 16.7 Å². The van der Waals surface area contributed by atoms with E-state index in [2.05, 4.69) is 10.3 Å². The molecule has 0 saturated carbocycles. The van der Waals surface area contributed by atoms with Gasteiger partial charge in [0.2, 0.25) is 0 Å². The van der Waals surface area contributed by atoms with Crippen LogP contribution in [0, 0.1) is 12.7 Å². The van der Waals surface area contributed by atoms with E-state index in [1.807, 2.05) is 19.1 Å². The summed E-state index contributed by atoms with van der Waals surface area (Å²) in [6.07, 6.45) is 1.54. The predicted molar refractivity (Wildman–Crippen MR) is 148 cm³/mol. The zero-order valence-electron chi connectivity index (χ0n) is 20.2. The van der Waals surface area contributed by atoms with Gasteiger partial charge in [-0.25, -0.2) is 22.1 Å². The molecule has 0 aliphatic carbocycles. The average Bonchev–Trinajstić information content (AvgIpc) is 3.39. The Morgan fingerprint density at radius 2 is 1.84 bits per heavy atom. The van der Waals surface area contributed by atoms with Crippen LogP contribution in [0.1, 0.15) is 29.7 Å². The minimum absolute atomic E-state index is 0.0469. The molecule has 0 aliphatic rings. The van der Waals surface area contributed by atoms with Crippen molar-refractivity contribution in [2.45, 2.75) is 31.3 Å². The summed E-state index contributed by atoms with van der Waals surface area (Å²) in [6, 6.07) is 14.0. The van der Waals surface area contributed by atoms with Crippen molar-refractivity contribution in [2.24, 2.45) is 0 Å². The molecule has 0 radical (unpaired) electrons. The molecule has 1 N–H and O–H groups in total. The van der Waals surface area contributed by atoms with Gasteiger partial charge < -0.3 is 10.1 Å². The van der Waals surface area contributed by atoms with E-state index in [9.17, 15) is 12.8 Å². The normalized spacial score (nSPS) is 12.3. The largest absolute Gasteiger partial charge is 0.497 e. The van der Waals surface area contributed by atoms with Crippen molar-refractivity contribution in [3.63, 3.8) is 0 Å². The summed E-state index contributed by atoms with van der Waals surface area (Å²) in [7, 11) is -2.54. The number of anilines is 2. The third-order valence-corrected chi connectivity index (χ3v) is 9.05. The van der Waals surface area contributed by atoms with Crippen LogP contribution in [0.2, 0.25) is 10.0 Å². The third-order valence-electron chi connectivity index (χ3n) is 5.83. The molecular formula is C26H24Cl2FN3O3S2. The van der Waals surface area contributed by atoms with E-state index in [0.29, 0.717) is 22.1 Å². The zero-order chi connectivity index (χ0) is 26.7. The van der Waals surface area contributed by atoms with Crippen LogP contribution < -0.4 is 14.4 Å². The maximum atomic E-state index is 14.2. The number of hydrogen-bond acceptors (Lipinski definition) is 6. The van der Waals surface area contributed by atoms with Gasteiger partial charge in [-0.15, -0.1) is 11.3 Å². The van der Waals surface area contributed by atoms with Gasteiger partial charge >= 0.3 is 0 Å². The number of hydrogen-bond donors (Lipinski definition) is 1. The molecule has 4 rings (SSSR count). The molecule has 1 aromatic heterocycles. The first kappa shape index (κ1) is 27.2. The highest BCUT2D eigenvalue weighted by Crippen LogP contribution is 2.38. The van der Waals surface area contributed by atoms with Crippen molar-refractivity contribution in [3.8, 4) is 5.75 Å². The average molecular weight is 581 g/mol. The monoisotopic (exact) mass is 579 g/mol. The molecule has 11 heteroatoms. The lowest BCUT2D eigenvalue weighted by molar-refractivity contribution is 0.414. The lowest BCUT2D eigenvalue weighted by atomic mass is 10.1. The fourth-order valence-electron chi connectivity index (χ4n) is 3.81. The van der Waals surface area contributed by atoms with Gasteiger partial charge in [-0.05, 0) is 55.3 Å². The van der Waals surface area contributed by atoms with Gasteiger partial charge in [-0.1, -0.05) is 47.5 Å². The SMILES string of the molecule is COc1ccc(CN(c2nccs2)S(=O)(=O)c2cc(Cl)c(N[C@@H](C)c3ccccc3F)c(Cl)c2)c(C)c1. The van der Waals surface area contributed by atoms with Crippen LogP contribution >= 0.6 is 34.5 Å². The highest BCUT2D eigenvalue weighted by Gasteiger charge is 2.29. The van der Waals surface area contributed by atoms with Crippen molar-refractivity contribution < 1.29 is 17.5 Å². The highest BCUT2D eigenvalue weighted by molar-refractivity contribution is 7.93. The Balaban J connectivity index is 1.69. The fraction of sp³-hybridized carbons (Fsp3) is 0.192.